The maximum atomic E-state index is 11.9. The summed E-state index contributed by atoms with van der Waals surface area (Å²) in [4.78, 5) is 11.9. The first-order chi connectivity index (χ1) is 10.8. The van der Waals surface area contributed by atoms with Crippen molar-refractivity contribution in [2.75, 3.05) is 19.8 Å². The third kappa shape index (κ3) is 3.06. The minimum absolute atomic E-state index is 0.0319. The van der Waals surface area contributed by atoms with E-state index in [0.29, 0.717) is 25.3 Å². The number of rotatable bonds is 4. The lowest BCUT2D eigenvalue weighted by molar-refractivity contribution is 0.0953. The number of hydrogen-bond donors (Lipinski definition) is 1. The van der Waals surface area contributed by atoms with Crippen molar-refractivity contribution in [2.24, 2.45) is 0 Å². The molecule has 4 nitrogen and oxygen atoms in total. The highest BCUT2D eigenvalue weighted by Crippen LogP contribution is 2.34. The molecule has 0 saturated carbocycles. The van der Waals surface area contributed by atoms with Crippen LogP contribution in [0.1, 0.15) is 23.7 Å². The van der Waals surface area contributed by atoms with Gasteiger partial charge in [0.05, 0.1) is 0 Å². The fraction of sp³-hybridized carbons (Fsp3) is 0.278. The zero-order chi connectivity index (χ0) is 15.4. The Morgan fingerprint density at radius 2 is 1.68 bits per heavy atom. The molecule has 22 heavy (non-hydrogen) atoms. The average Bonchev–Trinajstić information content (AvgIpc) is 2.59. The number of ether oxygens (including phenoxy) is 2. The lowest BCUT2D eigenvalue weighted by Crippen LogP contribution is -2.23. The fourth-order valence-corrected chi connectivity index (χ4v) is 2.38. The van der Waals surface area contributed by atoms with Crippen LogP contribution in [0.3, 0.4) is 0 Å². The molecule has 4 heteroatoms. The minimum Gasteiger partial charge on any atom is -0.486 e. The quantitative estimate of drug-likeness (QED) is 0.942. The van der Waals surface area contributed by atoms with Crippen LogP contribution >= 0.6 is 0 Å². The van der Waals surface area contributed by atoms with Gasteiger partial charge < -0.3 is 14.8 Å². The van der Waals surface area contributed by atoms with Gasteiger partial charge in [0.15, 0.2) is 11.5 Å². The summed E-state index contributed by atoms with van der Waals surface area (Å²) in [5, 5.41) is 2.87. The zero-order valence-electron chi connectivity index (χ0n) is 12.6. The van der Waals surface area contributed by atoms with Crippen molar-refractivity contribution in [3.8, 4) is 22.6 Å². The van der Waals surface area contributed by atoms with Gasteiger partial charge in [-0.05, 0) is 41.8 Å². The van der Waals surface area contributed by atoms with Gasteiger partial charge in [0.25, 0.3) is 5.91 Å². The second kappa shape index (κ2) is 6.52. The number of hydrogen-bond acceptors (Lipinski definition) is 3. The Balaban J connectivity index is 1.79. The lowest BCUT2D eigenvalue weighted by Gasteiger charge is -2.19. The van der Waals surface area contributed by atoms with Gasteiger partial charge >= 0.3 is 0 Å². The first kappa shape index (κ1) is 14.4. The summed E-state index contributed by atoms with van der Waals surface area (Å²) < 4.78 is 11.1. The zero-order valence-corrected chi connectivity index (χ0v) is 12.6. The normalized spacial score (nSPS) is 12.8. The van der Waals surface area contributed by atoms with Crippen LogP contribution in [0.4, 0.5) is 0 Å². The molecule has 0 aliphatic carbocycles. The maximum absolute atomic E-state index is 11.9. The molecule has 0 spiro atoms. The summed E-state index contributed by atoms with van der Waals surface area (Å²) in [6.07, 6.45) is 0.932. The Kier molecular flexibility index (Phi) is 4.28. The van der Waals surface area contributed by atoms with Gasteiger partial charge in [0, 0.05) is 12.1 Å². The smallest absolute Gasteiger partial charge is 0.251 e. The van der Waals surface area contributed by atoms with Crippen molar-refractivity contribution in [1.29, 1.82) is 0 Å². The molecular formula is C18H19NO3. The number of benzene rings is 2. The van der Waals surface area contributed by atoms with Crippen molar-refractivity contribution in [3.63, 3.8) is 0 Å². The van der Waals surface area contributed by atoms with Gasteiger partial charge in [-0.25, -0.2) is 0 Å². The molecule has 0 aromatic heterocycles. The second-order valence-corrected chi connectivity index (χ2v) is 5.19. The number of carbonyl (C=O) groups is 1. The summed E-state index contributed by atoms with van der Waals surface area (Å²) >= 11 is 0. The van der Waals surface area contributed by atoms with Crippen molar-refractivity contribution < 1.29 is 14.3 Å². The summed E-state index contributed by atoms with van der Waals surface area (Å²) in [6, 6.07) is 13.5. The number of amides is 1. The summed E-state index contributed by atoms with van der Waals surface area (Å²) in [7, 11) is 0. The molecule has 0 atom stereocenters. The SMILES string of the molecule is CCCNC(=O)c1ccc(-c2ccc3c(c2)OCCO3)cc1. The Morgan fingerprint density at radius 3 is 2.41 bits per heavy atom. The topological polar surface area (TPSA) is 47.6 Å². The van der Waals surface area contributed by atoms with Gasteiger partial charge in [-0.3, -0.25) is 4.79 Å². The second-order valence-electron chi connectivity index (χ2n) is 5.19. The Bertz CT molecular complexity index is 665. The van der Waals surface area contributed by atoms with E-state index >= 15 is 0 Å². The van der Waals surface area contributed by atoms with Crippen LogP contribution in [0.2, 0.25) is 0 Å². The fourth-order valence-electron chi connectivity index (χ4n) is 2.38. The van der Waals surface area contributed by atoms with E-state index in [0.717, 1.165) is 29.0 Å². The minimum atomic E-state index is -0.0319. The summed E-state index contributed by atoms with van der Waals surface area (Å²) in [5.41, 5.74) is 2.77. The molecule has 0 saturated heterocycles. The highest BCUT2D eigenvalue weighted by atomic mass is 16.6. The van der Waals surface area contributed by atoms with Crippen molar-refractivity contribution in [3.05, 3.63) is 48.0 Å². The lowest BCUT2D eigenvalue weighted by atomic mass is 10.0. The van der Waals surface area contributed by atoms with Gasteiger partial charge in [-0.1, -0.05) is 25.1 Å². The molecule has 1 aliphatic heterocycles. The molecule has 0 fully saturated rings. The van der Waals surface area contributed by atoms with Gasteiger partial charge in [-0.2, -0.15) is 0 Å². The molecule has 0 bridgehead atoms. The first-order valence-corrected chi connectivity index (χ1v) is 7.56. The van der Waals surface area contributed by atoms with Gasteiger partial charge in [-0.15, -0.1) is 0 Å². The summed E-state index contributed by atoms with van der Waals surface area (Å²) in [5.74, 6) is 1.52. The molecular weight excluding hydrogens is 278 g/mol. The molecule has 2 aromatic rings. The van der Waals surface area contributed by atoms with E-state index < -0.39 is 0 Å². The Labute approximate surface area is 130 Å². The predicted octanol–water partition coefficient (Wildman–Crippen LogP) is 3.26. The molecule has 3 rings (SSSR count). The van der Waals surface area contributed by atoms with Crippen LogP contribution in [-0.2, 0) is 0 Å². The molecule has 1 N–H and O–H groups in total. The van der Waals surface area contributed by atoms with E-state index in [4.69, 9.17) is 9.47 Å². The Hall–Kier alpha value is -2.49. The molecule has 0 radical (unpaired) electrons. The van der Waals surface area contributed by atoms with Crippen LogP contribution in [0.25, 0.3) is 11.1 Å². The number of nitrogens with one attached hydrogen (secondary N) is 1. The van der Waals surface area contributed by atoms with E-state index in [1.165, 1.54) is 0 Å². The van der Waals surface area contributed by atoms with E-state index in [-0.39, 0.29) is 5.91 Å². The Morgan fingerprint density at radius 1 is 1.00 bits per heavy atom. The number of carbonyl (C=O) groups excluding carboxylic acids is 1. The van der Waals surface area contributed by atoms with Crippen molar-refractivity contribution in [1.82, 2.24) is 5.32 Å². The van der Waals surface area contributed by atoms with Crippen LogP contribution in [-0.4, -0.2) is 25.7 Å². The third-order valence-electron chi connectivity index (χ3n) is 3.56. The van der Waals surface area contributed by atoms with Crippen LogP contribution in [0, 0.1) is 0 Å². The van der Waals surface area contributed by atoms with Crippen LogP contribution in [0.5, 0.6) is 11.5 Å². The molecule has 114 valence electrons. The molecule has 1 aliphatic rings. The molecule has 1 amide bonds. The predicted molar refractivity (Wildman–Crippen MR) is 85.5 cm³/mol. The largest absolute Gasteiger partial charge is 0.486 e. The maximum Gasteiger partial charge on any atom is 0.251 e. The van der Waals surface area contributed by atoms with Gasteiger partial charge in [0.2, 0.25) is 0 Å². The van der Waals surface area contributed by atoms with Crippen molar-refractivity contribution >= 4 is 5.91 Å². The van der Waals surface area contributed by atoms with E-state index in [1.54, 1.807) is 0 Å². The van der Waals surface area contributed by atoms with E-state index in [1.807, 2.05) is 49.4 Å². The van der Waals surface area contributed by atoms with E-state index in [9.17, 15) is 4.79 Å². The highest BCUT2D eigenvalue weighted by molar-refractivity contribution is 5.94. The first-order valence-electron chi connectivity index (χ1n) is 7.56. The monoisotopic (exact) mass is 297 g/mol. The molecule has 1 heterocycles. The van der Waals surface area contributed by atoms with E-state index in [2.05, 4.69) is 5.32 Å². The average molecular weight is 297 g/mol. The molecule has 0 unspecified atom stereocenters. The van der Waals surface area contributed by atoms with Crippen LogP contribution in [0.15, 0.2) is 42.5 Å². The molecule has 2 aromatic carbocycles. The van der Waals surface area contributed by atoms with Crippen molar-refractivity contribution in [2.45, 2.75) is 13.3 Å². The van der Waals surface area contributed by atoms with Gasteiger partial charge in [0.1, 0.15) is 13.2 Å². The highest BCUT2D eigenvalue weighted by Gasteiger charge is 2.12. The standard InChI is InChI=1S/C18H19NO3/c1-2-9-19-18(20)14-5-3-13(4-6-14)15-7-8-16-17(12-15)22-11-10-21-16/h3-8,12H,2,9-11H2,1H3,(H,19,20). The summed E-state index contributed by atoms with van der Waals surface area (Å²) in [6.45, 7) is 3.90. The number of fused-ring (bicyclic) bond motifs is 1. The van der Waals surface area contributed by atoms with Crippen LogP contribution < -0.4 is 14.8 Å². The third-order valence-corrected chi connectivity index (χ3v) is 3.56.